The second-order valence-corrected chi connectivity index (χ2v) is 21.2. The number of amides is 1. The largest absolute Gasteiger partial charge is 0.472 e. The van der Waals surface area contributed by atoms with Crippen LogP contribution in [0.15, 0.2) is 146 Å². The lowest BCUT2D eigenvalue weighted by Crippen LogP contribution is -2.51. The van der Waals surface area contributed by atoms with Gasteiger partial charge in [0.15, 0.2) is 0 Å². The number of aliphatic hydroxyl groups is 2. The zero-order valence-corrected chi connectivity index (χ0v) is 47.6. The highest BCUT2D eigenvalue weighted by molar-refractivity contribution is 7.47. The number of phosphoric acid groups is 1. The number of rotatable bonds is 49. The minimum Gasteiger partial charge on any atom is -0.390 e. The lowest BCUT2D eigenvalue weighted by Gasteiger charge is -2.28. The minimum atomic E-state index is -4.45. The van der Waals surface area contributed by atoms with Crippen LogP contribution in [0, 0.1) is 0 Å². The van der Waals surface area contributed by atoms with Crippen molar-refractivity contribution in [3.05, 3.63) is 146 Å². The van der Waals surface area contributed by atoms with Crippen molar-refractivity contribution in [2.45, 2.75) is 205 Å². The van der Waals surface area contributed by atoms with E-state index in [4.69, 9.17) is 9.05 Å². The molecule has 0 heterocycles. The molecule has 73 heavy (non-hydrogen) atoms. The van der Waals surface area contributed by atoms with Gasteiger partial charge in [-0.1, -0.05) is 205 Å². The van der Waals surface area contributed by atoms with Crippen LogP contribution in [0.4, 0.5) is 0 Å². The highest BCUT2D eigenvalue weighted by atomic mass is 31.2. The predicted molar refractivity (Wildman–Crippen MR) is 314 cm³/mol. The topological polar surface area (TPSA) is 125 Å². The summed E-state index contributed by atoms with van der Waals surface area (Å²) in [5.41, 5.74) is 0. The number of carbonyl (C=O) groups is 1. The molecule has 0 fully saturated rings. The SMILES string of the molecule is CC/C=C\C/C=C\C/C=C\C/C=C\C/C=C\C/C=C\C/C=C\C/C=C\C/C=C\C/C=C\C/C=C\CCCCCC(=O)NC(COP(=O)(O)OCC[N+](C)(C)C)C(O)C(O)CCC/C=C/CCCCCCCCC. The lowest BCUT2D eigenvalue weighted by molar-refractivity contribution is -0.870. The number of carbonyl (C=O) groups excluding carboxylic acids is 1. The molecule has 0 aromatic carbocycles. The Hall–Kier alpha value is -3.66. The molecule has 0 saturated carbocycles. The number of nitrogens with one attached hydrogen (secondary N) is 1. The summed E-state index contributed by atoms with van der Waals surface area (Å²) >= 11 is 0. The summed E-state index contributed by atoms with van der Waals surface area (Å²) in [6.07, 6.45) is 76.6. The summed E-state index contributed by atoms with van der Waals surface area (Å²) < 4.78 is 23.5. The zero-order chi connectivity index (χ0) is 53.6. The first-order chi connectivity index (χ1) is 35.4. The molecule has 0 bridgehead atoms. The molecule has 0 radical (unpaired) electrons. The van der Waals surface area contributed by atoms with Crippen LogP contribution in [0.1, 0.15) is 187 Å². The van der Waals surface area contributed by atoms with E-state index in [0.717, 1.165) is 103 Å². The van der Waals surface area contributed by atoms with E-state index < -0.39 is 32.7 Å². The molecular formula is C63H106N2O7P+. The Morgan fingerprint density at radius 3 is 1.26 bits per heavy atom. The van der Waals surface area contributed by atoms with E-state index in [0.29, 0.717) is 30.3 Å². The van der Waals surface area contributed by atoms with Gasteiger partial charge in [0, 0.05) is 6.42 Å². The van der Waals surface area contributed by atoms with Gasteiger partial charge < -0.3 is 24.9 Å². The molecule has 4 atom stereocenters. The maximum absolute atomic E-state index is 13.0. The quantitative estimate of drug-likeness (QED) is 0.0207. The number of hydrogen-bond acceptors (Lipinski definition) is 6. The van der Waals surface area contributed by atoms with Crippen molar-refractivity contribution >= 4 is 13.7 Å². The molecule has 0 aliphatic carbocycles. The summed E-state index contributed by atoms with van der Waals surface area (Å²) in [5.74, 6) is -0.307. The van der Waals surface area contributed by atoms with Gasteiger partial charge in [-0.15, -0.1) is 0 Å². The molecule has 0 spiro atoms. The molecule has 414 valence electrons. The van der Waals surface area contributed by atoms with Crippen LogP contribution in [-0.4, -0.2) is 84.6 Å². The Bertz CT molecular complexity index is 1710. The highest BCUT2D eigenvalue weighted by Crippen LogP contribution is 2.43. The van der Waals surface area contributed by atoms with Gasteiger partial charge in [0.25, 0.3) is 0 Å². The fraction of sp³-hybridized carbons (Fsp3) is 0.603. The van der Waals surface area contributed by atoms with Crippen LogP contribution in [-0.2, 0) is 18.4 Å². The average molecular weight is 1030 g/mol. The molecule has 1 amide bonds. The molecule has 0 aliphatic rings. The maximum atomic E-state index is 13.0. The second kappa shape index (κ2) is 51.8. The monoisotopic (exact) mass is 1030 g/mol. The fourth-order valence-electron chi connectivity index (χ4n) is 7.20. The standard InChI is InChI=1S/C63H105N2O7P/c1-6-8-10-12-14-16-18-20-21-22-23-24-25-26-27-28-29-30-31-32-33-34-35-36-37-38-39-40-41-42-43-44-46-48-50-52-54-56-62(67)64-60(59-72-73(69,70)71-58-57-65(3,4)5)63(68)61(66)55-53-51-49-47-45-19-17-15-13-11-9-7-2/h8,10,14,16,20-21,23-24,26-27,29-30,32-33,35-36,38-39,41-42,44,46-47,49,60-61,63,66,68H,6-7,9,11-13,15,17-19,22,25,28,31,34,37,40,43,45,48,50-59H2,1-5H3,(H-,64,67,69,70)/p+1/b10-8-,16-14-,21-20-,24-23-,27-26-,30-29-,33-32-,36-35-,39-38-,42-41-,46-44-,49-47+. The van der Waals surface area contributed by atoms with Gasteiger partial charge >= 0.3 is 7.82 Å². The lowest BCUT2D eigenvalue weighted by atomic mass is 10.0. The number of nitrogens with zero attached hydrogens (tertiary/aromatic N) is 1. The van der Waals surface area contributed by atoms with Crippen molar-refractivity contribution in [3.8, 4) is 0 Å². The van der Waals surface area contributed by atoms with Crippen molar-refractivity contribution in [2.24, 2.45) is 0 Å². The van der Waals surface area contributed by atoms with E-state index in [2.05, 4.69) is 165 Å². The number of likely N-dealkylation sites (N-methyl/N-ethyl adjacent to an activating group) is 1. The number of hydrogen-bond donors (Lipinski definition) is 4. The van der Waals surface area contributed by atoms with Gasteiger partial charge in [-0.25, -0.2) is 4.57 Å². The van der Waals surface area contributed by atoms with Gasteiger partial charge in [0.05, 0.1) is 39.9 Å². The number of aliphatic hydroxyl groups excluding tert-OH is 2. The predicted octanol–water partition coefficient (Wildman–Crippen LogP) is 16.3. The Balaban J connectivity index is 4.33. The van der Waals surface area contributed by atoms with Crippen molar-refractivity contribution in [2.75, 3.05) is 40.9 Å². The first-order valence-corrected chi connectivity index (χ1v) is 29.8. The Morgan fingerprint density at radius 2 is 0.849 bits per heavy atom. The van der Waals surface area contributed by atoms with Gasteiger partial charge in [-0.05, 0) is 122 Å². The smallest absolute Gasteiger partial charge is 0.390 e. The van der Waals surface area contributed by atoms with Gasteiger partial charge in [-0.2, -0.15) is 0 Å². The molecule has 0 aromatic heterocycles. The second-order valence-electron chi connectivity index (χ2n) is 19.7. The summed E-state index contributed by atoms with van der Waals surface area (Å²) in [5, 5.41) is 24.7. The van der Waals surface area contributed by atoms with E-state index in [1.54, 1.807) is 0 Å². The third-order valence-electron chi connectivity index (χ3n) is 11.7. The number of allylic oxidation sites excluding steroid dienone is 24. The summed E-state index contributed by atoms with van der Waals surface area (Å²) in [7, 11) is 1.37. The maximum Gasteiger partial charge on any atom is 0.472 e. The van der Waals surface area contributed by atoms with Crippen molar-refractivity contribution in [3.63, 3.8) is 0 Å². The molecule has 0 rings (SSSR count). The average Bonchev–Trinajstić information content (AvgIpc) is 3.35. The third kappa shape index (κ3) is 53.0. The van der Waals surface area contributed by atoms with Crippen LogP contribution in [0.25, 0.3) is 0 Å². The molecule has 4 N–H and O–H groups in total. The Kier molecular flexibility index (Phi) is 49.2. The Morgan fingerprint density at radius 1 is 0.493 bits per heavy atom. The first kappa shape index (κ1) is 69.3. The van der Waals surface area contributed by atoms with Crippen molar-refractivity contribution in [1.29, 1.82) is 0 Å². The van der Waals surface area contributed by atoms with Gasteiger partial charge in [0.2, 0.25) is 5.91 Å². The van der Waals surface area contributed by atoms with Crippen LogP contribution in [0.5, 0.6) is 0 Å². The van der Waals surface area contributed by atoms with Gasteiger partial charge in [0.1, 0.15) is 19.3 Å². The Labute approximate surface area is 447 Å². The van der Waals surface area contributed by atoms with E-state index in [1.165, 1.54) is 44.9 Å². The molecule has 9 nitrogen and oxygen atoms in total. The summed E-state index contributed by atoms with van der Waals surface area (Å²) in [4.78, 5) is 23.3. The molecule has 4 unspecified atom stereocenters. The first-order valence-electron chi connectivity index (χ1n) is 28.3. The zero-order valence-electron chi connectivity index (χ0n) is 46.7. The van der Waals surface area contributed by atoms with E-state index in [9.17, 15) is 24.5 Å². The van der Waals surface area contributed by atoms with E-state index in [-0.39, 0.29) is 18.9 Å². The third-order valence-corrected chi connectivity index (χ3v) is 12.6. The van der Waals surface area contributed by atoms with Crippen molar-refractivity contribution < 1.29 is 38.0 Å². The normalized spacial score (nSPS) is 15.5. The van der Waals surface area contributed by atoms with Crippen LogP contribution < -0.4 is 5.32 Å². The molecule has 0 saturated heterocycles. The molecule has 0 aliphatic heterocycles. The van der Waals surface area contributed by atoms with Crippen LogP contribution in [0.2, 0.25) is 0 Å². The minimum absolute atomic E-state index is 0.00125. The van der Waals surface area contributed by atoms with Gasteiger partial charge in [-0.3, -0.25) is 13.8 Å². The molecule has 0 aromatic rings. The number of phosphoric ester groups is 1. The fourth-order valence-corrected chi connectivity index (χ4v) is 7.94. The number of unbranched alkanes of at least 4 members (excludes halogenated alkanes) is 11. The highest BCUT2D eigenvalue weighted by Gasteiger charge is 2.31. The molecule has 10 heteroatoms. The van der Waals surface area contributed by atoms with Crippen LogP contribution >= 0.6 is 7.82 Å². The van der Waals surface area contributed by atoms with E-state index in [1.807, 2.05) is 21.1 Å². The van der Waals surface area contributed by atoms with E-state index >= 15 is 0 Å². The van der Waals surface area contributed by atoms with Crippen molar-refractivity contribution in [1.82, 2.24) is 5.32 Å². The molecular weight excluding hydrogens is 928 g/mol. The summed E-state index contributed by atoms with van der Waals surface area (Å²) in [6.45, 7) is 4.41. The number of quaternary nitrogens is 1. The summed E-state index contributed by atoms with van der Waals surface area (Å²) in [6, 6.07) is -1.08. The van der Waals surface area contributed by atoms with Crippen LogP contribution in [0.3, 0.4) is 0 Å².